The molecule has 0 spiro atoms. The van der Waals surface area contributed by atoms with Gasteiger partial charge in [-0.15, -0.1) is 0 Å². The van der Waals surface area contributed by atoms with Gasteiger partial charge in [0.05, 0.1) is 0 Å². The van der Waals surface area contributed by atoms with Crippen LogP contribution in [0.1, 0.15) is 17.5 Å². The van der Waals surface area contributed by atoms with Gasteiger partial charge in [0.15, 0.2) is 0 Å². The molecule has 1 heterocycles. The van der Waals surface area contributed by atoms with Crippen molar-refractivity contribution in [2.24, 2.45) is 0 Å². The minimum absolute atomic E-state index is 0.951. The molecular weight excluding hydrogens is 399 g/mol. The average molecular weight is 429 g/mol. The summed E-state index contributed by atoms with van der Waals surface area (Å²) in [5.41, 5.74) is 5.19. The molecular formula is C22H30N4Se. The number of nitrogens with zero attached hydrogens (tertiary/aromatic N) is 4. The fourth-order valence-electron chi connectivity index (χ4n) is 3.38. The molecule has 0 aromatic heterocycles. The van der Waals surface area contributed by atoms with Gasteiger partial charge >= 0.3 is 172 Å². The van der Waals surface area contributed by atoms with E-state index in [1.54, 1.807) is 0 Å². The predicted octanol–water partition coefficient (Wildman–Crippen LogP) is 2.78. The van der Waals surface area contributed by atoms with Crippen LogP contribution in [0.15, 0.2) is 48.5 Å². The van der Waals surface area contributed by atoms with E-state index in [4.69, 9.17) is 0 Å². The molecule has 0 unspecified atom stereocenters. The zero-order chi connectivity index (χ0) is 19.4. The third-order valence-corrected chi connectivity index (χ3v) is 6.13. The molecule has 1 aliphatic heterocycles. The molecule has 3 rings (SSSR count). The number of hydrogen-bond acceptors (Lipinski definition) is 4. The van der Waals surface area contributed by atoms with Crippen molar-refractivity contribution >= 4 is 31.6 Å². The Hall–Kier alpha value is -1.97. The molecule has 5 heteroatoms. The van der Waals surface area contributed by atoms with Crippen molar-refractivity contribution in [1.82, 2.24) is 9.80 Å². The number of benzene rings is 2. The molecule has 4 nitrogen and oxygen atoms in total. The van der Waals surface area contributed by atoms with Crippen molar-refractivity contribution in [3.05, 3.63) is 59.7 Å². The van der Waals surface area contributed by atoms with Crippen molar-refractivity contribution in [3.63, 3.8) is 0 Å². The number of anilines is 2. The Labute approximate surface area is 171 Å². The summed E-state index contributed by atoms with van der Waals surface area (Å²) in [6, 6.07) is 17.7. The predicted molar refractivity (Wildman–Crippen MR) is 118 cm³/mol. The Morgan fingerprint density at radius 3 is 1.41 bits per heavy atom. The third-order valence-electron chi connectivity index (χ3n) is 5.05. The SMILES string of the molecule is CN(C)c1ccc(CN2CCCN(Cc3ccc(N(C)C)cc3)C2=[Se])cc1. The summed E-state index contributed by atoms with van der Waals surface area (Å²) in [5.74, 6) is 0. The Kier molecular flexibility index (Phi) is 6.46. The fourth-order valence-corrected chi connectivity index (χ4v) is 4.03. The van der Waals surface area contributed by atoms with Crippen LogP contribution in [0.4, 0.5) is 11.4 Å². The van der Waals surface area contributed by atoms with Crippen LogP contribution < -0.4 is 9.80 Å². The molecule has 2 aromatic rings. The zero-order valence-corrected chi connectivity index (χ0v) is 18.6. The molecule has 144 valence electrons. The first-order chi connectivity index (χ1) is 12.9. The molecule has 27 heavy (non-hydrogen) atoms. The van der Waals surface area contributed by atoms with Crippen LogP contribution >= 0.6 is 0 Å². The zero-order valence-electron chi connectivity index (χ0n) is 16.9. The van der Waals surface area contributed by atoms with E-state index in [1.807, 2.05) is 0 Å². The number of hydrogen-bond donors (Lipinski definition) is 0. The van der Waals surface area contributed by atoms with Crippen LogP contribution in [-0.2, 0) is 13.1 Å². The van der Waals surface area contributed by atoms with Gasteiger partial charge in [0, 0.05) is 0 Å². The van der Waals surface area contributed by atoms with E-state index in [9.17, 15) is 0 Å². The normalized spacial score (nSPS) is 14.4. The van der Waals surface area contributed by atoms with Gasteiger partial charge in [0.25, 0.3) is 0 Å². The first-order valence-electron chi connectivity index (χ1n) is 9.50. The fraction of sp³-hybridized carbons (Fsp3) is 0.409. The summed E-state index contributed by atoms with van der Waals surface area (Å²) in [6.07, 6.45) is 1.19. The van der Waals surface area contributed by atoms with Gasteiger partial charge < -0.3 is 0 Å². The third kappa shape index (κ3) is 5.06. The molecule has 1 fully saturated rings. The molecule has 0 radical (unpaired) electrons. The van der Waals surface area contributed by atoms with E-state index >= 15 is 0 Å². The molecule has 0 aliphatic carbocycles. The summed E-state index contributed by atoms with van der Waals surface area (Å²) in [6.45, 7) is 4.11. The second kappa shape index (κ2) is 8.81. The molecule has 2 aromatic carbocycles. The van der Waals surface area contributed by atoms with Crippen molar-refractivity contribution in [3.8, 4) is 0 Å². The van der Waals surface area contributed by atoms with Crippen LogP contribution in [0.2, 0.25) is 0 Å². The summed E-state index contributed by atoms with van der Waals surface area (Å²) < 4.78 is 1.26. The summed E-state index contributed by atoms with van der Waals surface area (Å²) in [7, 11) is 8.32. The Morgan fingerprint density at radius 1 is 0.704 bits per heavy atom. The molecule has 0 N–H and O–H groups in total. The van der Waals surface area contributed by atoms with Crippen LogP contribution in [0.25, 0.3) is 0 Å². The second-order valence-corrected chi connectivity index (χ2v) is 8.37. The van der Waals surface area contributed by atoms with E-state index in [0.29, 0.717) is 0 Å². The summed E-state index contributed by atoms with van der Waals surface area (Å²) >= 11 is 3.33. The maximum absolute atomic E-state index is 3.33. The first-order valence-corrected chi connectivity index (χ1v) is 10.4. The van der Waals surface area contributed by atoms with E-state index in [-0.39, 0.29) is 0 Å². The number of rotatable bonds is 6. The Balaban J connectivity index is 1.63. The standard InChI is InChI=1S/C22H30N4Se/c1-23(2)20-10-6-18(7-11-20)16-25-14-5-15-26(22(25)27)17-19-8-12-21(13-9-19)24(3)4/h6-13H,5,14-17H2,1-4H3. The second-order valence-electron chi connectivity index (χ2n) is 7.60. The van der Waals surface area contributed by atoms with Crippen LogP contribution in [0.3, 0.4) is 0 Å². The van der Waals surface area contributed by atoms with Gasteiger partial charge in [-0.1, -0.05) is 0 Å². The van der Waals surface area contributed by atoms with Crippen LogP contribution in [-0.4, -0.2) is 71.3 Å². The van der Waals surface area contributed by atoms with Crippen LogP contribution in [0.5, 0.6) is 0 Å². The van der Waals surface area contributed by atoms with E-state index < -0.39 is 0 Å². The van der Waals surface area contributed by atoms with Crippen molar-refractivity contribution in [1.29, 1.82) is 0 Å². The minimum atomic E-state index is 0.951. The molecule has 1 saturated heterocycles. The molecule has 0 bridgehead atoms. The van der Waals surface area contributed by atoms with E-state index in [2.05, 4.69) is 112 Å². The molecule has 0 atom stereocenters. The van der Waals surface area contributed by atoms with Crippen molar-refractivity contribution in [2.75, 3.05) is 51.1 Å². The van der Waals surface area contributed by atoms with Gasteiger partial charge in [0.1, 0.15) is 0 Å². The molecule has 1 aliphatic rings. The monoisotopic (exact) mass is 430 g/mol. The van der Waals surface area contributed by atoms with Crippen molar-refractivity contribution in [2.45, 2.75) is 19.5 Å². The molecule has 0 saturated carbocycles. The van der Waals surface area contributed by atoms with Gasteiger partial charge in [-0.2, -0.15) is 0 Å². The van der Waals surface area contributed by atoms with E-state index in [0.717, 1.165) is 26.2 Å². The van der Waals surface area contributed by atoms with Gasteiger partial charge in [-0.3, -0.25) is 0 Å². The van der Waals surface area contributed by atoms with Crippen LogP contribution in [0, 0.1) is 0 Å². The quantitative estimate of drug-likeness (QED) is 0.655. The van der Waals surface area contributed by atoms with Crippen molar-refractivity contribution < 1.29 is 0 Å². The first kappa shape index (κ1) is 19.8. The van der Waals surface area contributed by atoms with Gasteiger partial charge in [0.2, 0.25) is 0 Å². The summed E-state index contributed by atoms with van der Waals surface area (Å²) in [5, 5.41) is 0. The van der Waals surface area contributed by atoms with Gasteiger partial charge in [-0.05, 0) is 0 Å². The van der Waals surface area contributed by atoms with Gasteiger partial charge in [-0.25, -0.2) is 0 Å². The Bertz CT molecular complexity index is 689. The topological polar surface area (TPSA) is 13.0 Å². The summed E-state index contributed by atoms with van der Waals surface area (Å²) in [4.78, 5) is 9.20. The molecule has 0 amide bonds. The van der Waals surface area contributed by atoms with E-state index in [1.165, 1.54) is 33.6 Å². The Morgan fingerprint density at radius 2 is 1.07 bits per heavy atom. The maximum atomic E-state index is 3.33. The average Bonchev–Trinajstić information content (AvgIpc) is 2.66.